The number of ketones is 1. The van der Waals surface area contributed by atoms with Gasteiger partial charge in [-0.1, -0.05) is 24.3 Å². The summed E-state index contributed by atoms with van der Waals surface area (Å²) in [4.78, 5) is 23.0. The molecule has 98 valence electrons. The van der Waals surface area contributed by atoms with Gasteiger partial charge in [0.1, 0.15) is 5.82 Å². The van der Waals surface area contributed by atoms with Crippen LogP contribution in [0.25, 0.3) is 22.6 Å². The molecule has 0 spiro atoms. The largest absolute Gasteiger partial charge is 0.338 e. The predicted molar refractivity (Wildman–Crippen MR) is 77.3 cm³/mol. The van der Waals surface area contributed by atoms with E-state index >= 15 is 0 Å². The fraction of sp³-hybridized carbons (Fsp3) is 0.0625. The molecule has 0 aliphatic rings. The number of carbonyl (C=O) groups is 1. The molecule has 0 aliphatic carbocycles. The fourth-order valence-electron chi connectivity index (χ4n) is 2.00. The molecule has 2 aromatic heterocycles. The maximum Gasteiger partial charge on any atom is 0.159 e. The van der Waals surface area contributed by atoms with Crippen LogP contribution in [0, 0.1) is 0 Å². The van der Waals surface area contributed by atoms with Gasteiger partial charge in [-0.15, -0.1) is 0 Å². The lowest BCUT2D eigenvalue weighted by Gasteiger charge is -1.99. The first-order chi connectivity index (χ1) is 9.74. The summed E-state index contributed by atoms with van der Waals surface area (Å²) in [5.41, 5.74) is 3.56. The highest BCUT2D eigenvalue weighted by Gasteiger charge is 2.06. The molecule has 0 saturated carbocycles. The van der Waals surface area contributed by atoms with Crippen LogP contribution >= 0.6 is 0 Å². The number of carbonyl (C=O) groups excluding carboxylic acids is 1. The lowest BCUT2D eigenvalue weighted by Crippen LogP contribution is -1.91. The number of imidazole rings is 1. The van der Waals surface area contributed by atoms with Gasteiger partial charge in [0.15, 0.2) is 5.78 Å². The average molecular weight is 263 g/mol. The van der Waals surface area contributed by atoms with Gasteiger partial charge in [0.25, 0.3) is 0 Å². The molecule has 20 heavy (non-hydrogen) atoms. The third kappa shape index (κ3) is 2.36. The Kier molecular flexibility index (Phi) is 3.13. The van der Waals surface area contributed by atoms with E-state index in [1.165, 1.54) is 0 Å². The highest BCUT2D eigenvalue weighted by Crippen LogP contribution is 2.21. The van der Waals surface area contributed by atoms with Crippen LogP contribution in [0.2, 0.25) is 0 Å². The van der Waals surface area contributed by atoms with Crippen molar-refractivity contribution < 1.29 is 4.79 Å². The Hall–Kier alpha value is -2.75. The molecule has 2 heterocycles. The van der Waals surface area contributed by atoms with Crippen molar-refractivity contribution in [2.75, 3.05) is 0 Å². The number of hydrogen-bond donors (Lipinski definition) is 1. The molecule has 3 aromatic rings. The smallest absolute Gasteiger partial charge is 0.159 e. The van der Waals surface area contributed by atoms with Crippen molar-refractivity contribution >= 4 is 5.78 Å². The fourth-order valence-corrected chi connectivity index (χ4v) is 2.00. The summed E-state index contributed by atoms with van der Waals surface area (Å²) >= 11 is 0. The van der Waals surface area contributed by atoms with E-state index in [2.05, 4.69) is 15.0 Å². The molecule has 0 fully saturated rings. The highest BCUT2D eigenvalue weighted by molar-refractivity contribution is 5.94. The lowest BCUT2D eigenvalue weighted by molar-refractivity contribution is 0.101. The first kappa shape index (κ1) is 12.3. The molecular weight excluding hydrogens is 250 g/mol. The van der Waals surface area contributed by atoms with E-state index in [-0.39, 0.29) is 5.78 Å². The maximum atomic E-state index is 11.3. The van der Waals surface area contributed by atoms with Crippen LogP contribution in [0.4, 0.5) is 0 Å². The van der Waals surface area contributed by atoms with Crippen molar-refractivity contribution in [1.82, 2.24) is 15.0 Å². The molecule has 0 aliphatic heterocycles. The normalized spacial score (nSPS) is 10.4. The standard InChI is InChI=1S/C16H13N3O/c1-11(20)12-4-6-13(7-5-12)16-18-10-15(19-16)14-3-2-8-17-9-14/h2-10H,1H3,(H,18,19). The third-order valence-corrected chi connectivity index (χ3v) is 3.11. The third-order valence-electron chi connectivity index (χ3n) is 3.11. The van der Waals surface area contributed by atoms with Crippen LogP contribution in [0.5, 0.6) is 0 Å². The molecule has 0 saturated heterocycles. The van der Waals surface area contributed by atoms with Crippen molar-refractivity contribution in [3.05, 3.63) is 60.6 Å². The van der Waals surface area contributed by atoms with Crippen LogP contribution in [-0.2, 0) is 0 Å². The van der Waals surface area contributed by atoms with Crippen LogP contribution in [-0.4, -0.2) is 20.7 Å². The molecule has 3 rings (SSSR count). The molecule has 0 amide bonds. The van der Waals surface area contributed by atoms with E-state index in [0.29, 0.717) is 5.56 Å². The van der Waals surface area contributed by atoms with E-state index in [1.807, 2.05) is 36.4 Å². The molecule has 0 unspecified atom stereocenters. The summed E-state index contributed by atoms with van der Waals surface area (Å²) in [7, 11) is 0. The van der Waals surface area contributed by atoms with E-state index in [1.54, 1.807) is 25.5 Å². The van der Waals surface area contributed by atoms with Crippen molar-refractivity contribution in [3.8, 4) is 22.6 Å². The summed E-state index contributed by atoms with van der Waals surface area (Å²) < 4.78 is 0. The SMILES string of the molecule is CC(=O)c1ccc(-c2ncc(-c3cccnc3)[nH]2)cc1. The number of rotatable bonds is 3. The van der Waals surface area contributed by atoms with Gasteiger partial charge in [0.2, 0.25) is 0 Å². The Morgan fingerprint density at radius 2 is 1.85 bits per heavy atom. The Bertz CT molecular complexity index is 730. The summed E-state index contributed by atoms with van der Waals surface area (Å²) in [6, 6.07) is 11.3. The van der Waals surface area contributed by atoms with E-state index < -0.39 is 0 Å². The zero-order chi connectivity index (χ0) is 13.9. The Balaban J connectivity index is 1.92. The average Bonchev–Trinajstić information content (AvgIpc) is 2.98. The monoisotopic (exact) mass is 263 g/mol. The minimum absolute atomic E-state index is 0.0621. The Morgan fingerprint density at radius 3 is 2.50 bits per heavy atom. The number of benzene rings is 1. The van der Waals surface area contributed by atoms with Gasteiger partial charge in [-0.3, -0.25) is 9.78 Å². The highest BCUT2D eigenvalue weighted by atomic mass is 16.1. The van der Waals surface area contributed by atoms with Crippen molar-refractivity contribution in [3.63, 3.8) is 0 Å². The second-order valence-electron chi connectivity index (χ2n) is 4.52. The van der Waals surface area contributed by atoms with Crippen LogP contribution in [0.1, 0.15) is 17.3 Å². The van der Waals surface area contributed by atoms with Gasteiger partial charge in [0.05, 0.1) is 11.9 Å². The first-order valence-corrected chi connectivity index (χ1v) is 6.31. The number of aromatic nitrogens is 3. The molecule has 4 nitrogen and oxygen atoms in total. The van der Waals surface area contributed by atoms with Crippen molar-refractivity contribution in [2.24, 2.45) is 0 Å². The van der Waals surface area contributed by atoms with Crippen molar-refractivity contribution in [1.29, 1.82) is 0 Å². The van der Waals surface area contributed by atoms with E-state index in [9.17, 15) is 4.79 Å². The van der Waals surface area contributed by atoms with Crippen LogP contribution in [0.3, 0.4) is 0 Å². The summed E-state index contributed by atoms with van der Waals surface area (Å²) in [6.07, 6.45) is 5.31. The van der Waals surface area contributed by atoms with E-state index in [0.717, 1.165) is 22.6 Å². The van der Waals surface area contributed by atoms with Gasteiger partial charge in [0, 0.05) is 29.1 Å². The van der Waals surface area contributed by atoms with Crippen LogP contribution in [0.15, 0.2) is 55.0 Å². The molecule has 0 atom stereocenters. The zero-order valence-electron chi connectivity index (χ0n) is 11.0. The number of pyridine rings is 1. The molecule has 1 aromatic carbocycles. The quantitative estimate of drug-likeness (QED) is 0.737. The first-order valence-electron chi connectivity index (χ1n) is 6.31. The number of nitrogens with one attached hydrogen (secondary N) is 1. The Morgan fingerprint density at radius 1 is 1.05 bits per heavy atom. The van der Waals surface area contributed by atoms with Gasteiger partial charge >= 0.3 is 0 Å². The van der Waals surface area contributed by atoms with E-state index in [4.69, 9.17) is 0 Å². The minimum Gasteiger partial charge on any atom is -0.338 e. The number of aromatic amines is 1. The number of Topliss-reactive ketones (excluding diaryl/α,β-unsaturated/α-hetero) is 1. The van der Waals surface area contributed by atoms with Gasteiger partial charge in [-0.05, 0) is 19.1 Å². The summed E-state index contributed by atoms with van der Waals surface area (Å²) in [5.74, 6) is 0.839. The molecule has 0 bridgehead atoms. The predicted octanol–water partition coefficient (Wildman–Crippen LogP) is 3.34. The van der Waals surface area contributed by atoms with Gasteiger partial charge < -0.3 is 4.98 Å². The second kappa shape index (κ2) is 5.09. The van der Waals surface area contributed by atoms with Crippen molar-refractivity contribution in [2.45, 2.75) is 6.92 Å². The minimum atomic E-state index is 0.0621. The van der Waals surface area contributed by atoms with Gasteiger partial charge in [-0.25, -0.2) is 4.98 Å². The zero-order valence-corrected chi connectivity index (χ0v) is 11.0. The molecular formula is C16H13N3O. The molecule has 1 N–H and O–H groups in total. The summed E-state index contributed by atoms with van der Waals surface area (Å²) in [5, 5.41) is 0. The Labute approximate surface area is 116 Å². The lowest BCUT2D eigenvalue weighted by atomic mass is 10.1. The van der Waals surface area contributed by atoms with Crippen LogP contribution < -0.4 is 0 Å². The number of H-pyrrole nitrogens is 1. The summed E-state index contributed by atoms with van der Waals surface area (Å²) in [6.45, 7) is 1.56. The van der Waals surface area contributed by atoms with Gasteiger partial charge in [-0.2, -0.15) is 0 Å². The number of nitrogens with zero attached hydrogens (tertiary/aromatic N) is 2. The topological polar surface area (TPSA) is 58.6 Å². The second-order valence-corrected chi connectivity index (χ2v) is 4.52. The molecule has 0 radical (unpaired) electrons. The number of hydrogen-bond acceptors (Lipinski definition) is 3. The molecule has 4 heteroatoms. The maximum absolute atomic E-state index is 11.3.